The van der Waals surface area contributed by atoms with E-state index in [1.807, 2.05) is 0 Å². The lowest BCUT2D eigenvalue weighted by Crippen LogP contribution is -2.34. The van der Waals surface area contributed by atoms with E-state index in [0.29, 0.717) is 11.5 Å². The van der Waals surface area contributed by atoms with Crippen molar-refractivity contribution in [3.63, 3.8) is 0 Å². The molecule has 0 saturated carbocycles. The zero-order valence-corrected chi connectivity index (χ0v) is 26.5. The second-order valence-corrected chi connectivity index (χ2v) is 15.3. The summed E-state index contributed by atoms with van der Waals surface area (Å²) in [6, 6.07) is 0. The van der Waals surface area contributed by atoms with Gasteiger partial charge < -0.3 is 40.0 Å². The molecule has 3 aromatic rings. The van der Waals surface area contributed by atoms with Crippen molar-refractivity contribution in [1.29, 1.82) is 0 Å². The number of nitrogens with zero attached hydrogens (tertiary/aromatic N) is 7. The number of H-pyrrole nitrogens is 1. The number of imidazole rings is 1. The van der Waals surface area contributed by atoms with Crippen LogP contribution in [0.15, 0.2) is 20.6 Å². The first-order valence-corrected chi connectivity index (χ1v) is 18.2. The number of rotatable bonds is 2. The molecule has 7 rings (SSSR count). The molecule has 3 fully saturated rings. The lowest BCUT2D eigenvalue weighted by atomic mass is 10.1. The van der Waals surface area contributed by atoms with Crippen molar-refractivity contribution in [2.75, 3.05) is 34.1 Å². The minimum absolute atomic E-state index is 0.120. The van der Waals surface area contributed by atoms with E-state index in [4.69, 9.17) is 39.2 Å². The molecule has 25 heteroatoms. The Kier molecular flexibility index (Phi) is 8.00. The molecule has 7 heterocycles. The van der Waals surface area contributed by atoms with Crippen LogP contribution in [-0.2, 0) is 36.9 Å². The van der Waals surface area contributed by atoms with Crippen molar-refractivity contribution >= 4 is 71.2 Å². The van der Waals surface area contributed by atoms with Gasteiger partial charge >= 0.3 is 15.4 Å². The summed E-state index contributed by atoms with van der Waals surface area (Å²) < 4.78 is 82.3. The van der Waals surface area contributed by atoms with Crippen LogP contribution in [0.25, 0.3) is 11.2 Å². The van der Waals surface area contributed by atoms with E-state index in [1.165, 1.54) is 6.33 Å². The number of fused-ring (bicyclic) bond motifs is 5. The van der Waals surface area contributed by atoms with Crippen LogP contribution in [0.3, 0.4) is 0 Å². The number of nitrogens with one attached hydrogen (secondary N) is 1. The van der Waals surface area contributed by atoms with E-state index in [9.17, 15) is 23.7 Å². The highest BCUT2D eigenvalue weighted by Gasteiger charge is 2.52. The standard InChI is InChI=1S/C20H24FIN10O11P2/c21-11-9-3-39-44(34,35)6-38-7-1-10(32-16-12(30-22-32)15(23)25-4-26-16)41-8(7)2-40-45(36,37)43-14(11)19(42-9)31-5-27-13-17(31)28-20(24)29-18(13)33/h4-5,7-11,14,19H,1-3,6H2,(H,34,35)(H,36,37)(H2,23,25,26)(H3,24,28,29,33)/t7?,8-,9-,10-,11?,14?,19-/m1/s1. The SMILES string of the molecule is Nc1nc2c(ncn2[C@@H]2O[C@@H]3COP(=O)(O)COC4C[C@H](N5I=Nc6c(N)ncnc65)O[C@@H]4COP(=O)(O)OC2C3F)c(=O)[nH]1. The molecule has 2 bridgehead atoms. The van der Waals surface area contributed by atoms with Gasteiger partial charge in [-0.05, 0) is 0 Å². The molecule has 7 N–H and O–H groups in total. The number of aromatic amines is 1. The third kappa shape index (κ3) is 5.91. The molecule has 0 aromatic carbocycles. The number of alkyl halides is 1. The monoisotopic (exact) mass is 788 g/mol. The summed E-state index contributed by atoms with van der Waals surface area (Å²) in [7, 11) is -9.55. The molecule has 0 radical (unpaired) electrons. The van der Waals surface area contributed by atoms with Gasteiger partial charge in [-0.1, -0.05) is 0 Å². The molecule has 9 atom stereocenters. The van der Waals surface area contributed by atoms with Gasteiger partial charge in [-0.3, -0.25) is 31.1 Å². The highest BCUT2D eigenvalue weighted by Crippen LogP contribution is 2.53. The Balaban J connectivity index is 1.17. The average Bonchev–Trinajstić information content (AvgIpc) is 3.75. The normalized spacial score (nSPS) is 37.2. The van der Waals surface area contributed by atoms with Gasteiger partial charge in [0.15, 0.2) is 40.9 Å². The Morgan fingerprint density at radius 1 is 1.09 bits per heavy atom. The van der Waals surface area contributed by atoms with Crippen LogP contribution >= 0.6 is 36.7 Å². The van der Waals surface area contributed by atoms with E-state index in [1.54, 1.807) is 3.11 Å². The Hall–Kier alpha value is -2.57. The summed E-state index contributed by atoms with van der Waals surface area (Å²) >= 11 is -1.04. The predicted molar refractivity (Wildman–Crippen MR) is 156 cm³/mol. The number of phosphoric ester groups is 1. The predicted octanol–water partition coefficient (Wildman–Crippen LogP) is 0.706. The first-order valence-electron chi connectivity index (χ1n) is 13.1. The number of anilines is 3. The molecule has 0 amide bonds. The molecular formula is C20H24FIN10O11P2. The van der Waals surface area contributed by atoms with Gasteiger partial charge in [0.1, 0.15) is 58.5 Å². The maximum Gasteiger partial charge on any atom is 0.472 e. The fraction of sp³-hybridized carbons (Fsp3) is 0.550. The molecule has 244 valence electrons. The summed E-state index contributed by atoms with van der Waals surface area (Å²) in [5.74, 6) is 0.332. The molecule has 3 aromatic heterocycles. The Morgan fingerprint density at radius 3 is 2.71 bits per heavy atom. The molecule has 4 aliphatic rings. The van der Waals surface area contributed by atoms with Gasteiger partial charge in [0.05, 0.1) is 25.6 Å². The van der Waals surface area contributed by atoms with Gasteiger partial charge in [0.2, 0.25) is 5.95 Å². The van der Waals surface area contributed by atoms with E-state index in [2.05, 4.69) is 28.1 Å². The number of halogens is 2. The minimum Gasteiger partial charge on any atom is -0.382 e. The van der Waals surface area contributed by atoms with Gasteiger partial charge in [0, 0.05) is 6.42 Å². The van der Waals surface area contributed by atoms with Crippen LogP contribution in [0.4, 0.5) is 27.7 Å². The van der Waals surface area contributed by atoms with Crippen molar-refractivity contribution in [3.05, 3.63) is 23.0 Å². The summed E-state index contributed by atoms with van der Waals surface area (Å²) in [6.45, 7) is -1.38. The molecule has 45 heavy (non-hydrogen) atoms. The number of hydrogen-bond acceptors (Lipinski definition) is 17. The molecule has 0 spiro atoms. The molecule has 0 aliphatic carbocycles. The number of aromatic nitrogens is 6. The highest BCUT2D eigenvalue weighted by molar-refractivity contribution is 14.2. The number of ether oxygens (including phenoxy) is 3. The zero-order chi connectivity index (χ0) is 31.7. The first-order chi connectivity index (χ1) is 21.4. The number of nitrogens with two attached hydrogens (primary N) is 2. The summed E-state index contributed by atoms with van der Waals surface area (Å²) in [5, 5.41) is 0. The largest absolute Gasteiger partial charge is 0.472 e. The molecular weight excluding hydrogens is 764 g/mol. The summed E-state index contributed by atoms with van der Waals surface area (Å²) in [4.78, 5) is 51.9. The third-order valence-corrected chi connectivity index (χ3v) is 11.5. The third-order valence-electron chi connectivity index (χ3n) is 7.21. The fourth-order valence-electron chi connectivity index (χ4n) is 5.15. The minimum atomic E-state index is -5.05. The van der Waals surface area contributed by atoms with Crippen LogP contribution < -0.4 is 20.1 Å². The molecule has 4 aliphatic heterocycles. The Labute approximate surface area is 261 Å². The van der Waals surface area contributed by atoms with Gasteiger partial charge in [-0.2, -0.15) is 8.13 Å². The van der Waals surface area contributed by atoms with Crippen molar-refractivity contribution in [3.8, 4) is 0 Å². The lowest BCUT2D eigenvalue weighted by molar-refractivity contribution is -0.0517. The van der Waals surface area contributed by atoms with Crippen molar-refractivity contribution in [1.82, 2.24) is 29.5 Å². The van der Waals surface area contributed by atoms with E-state index >= 15 is 4.39 Å². The van der Waals surface area contributed by atoms with Crippen LogP contribution in [0, 0.1) is 0 Å². The van der Waals surface area contributed by atoms with Gasteiger partial charge in [-0.15, -0.1) is 0 Å². The highest BCUT2D eigenvalue weighted by atomic mass is 127. The number of nitrogen functional groups attached to an aromatic ring is 2. The van der Waals surface area contributed by atoms with Crippen LogP contribution in [-0.4, -0.2) is 95.7 Å². The van der Waals surface area contributed by atoms with Crippen LogP contribution in [0.5, 0.6) is 0 Å². The Bertz CT molecular complexity index is 1830. The van der Waals surface area contributed by atoms with E-state index < -0.39 is 105 Å². The quantitative estimate of drug-likeness (QED) is 0.136. The molecule has 5 unspecified atom stereocenters. The number of phosphoric acid groups is 1. The molecule has 21 nitrogen and oxygen atoms in total. The summed E-state index contributed by atoms with van der Waals surface area (Å²) in [5.41, 5.74) is 10.9. The Morgan fingerprint density at radius 2 is 1.89 bits per heavy atom. The first kappa shape index (κ1) is 31.1. The topological polar surface area (TPSA) is 287 Å². The second kappa shape index (κ2) is 11.6. The van der Waals surface area contributed by atoms with Gasteiger partial charge in [0.25, 0.3) is 5.56 Å². The van der Waals surface area contributed by atoms with Crippen molar-refractivity contribution in [2.45, 2.75) is 49.5 Å². The van der Waals surface area contributed by atoms with Crippen molar-refractivity contribution < 1.29 is 51.1 Å². The average molecular weight is 788 g/mol. The second-order valence-electron chi connectivity index (χ2n) is 10.2. The lowest BCUT2D eigenvalue weighted by Gasteiger charge is -2.25. The fourth-order valence-corrected chi connectivity index (χ4v) is 9.01. The molecule has 3 saturated heterocycles. The van der Waals surface area contributed by atoms with Gasteiger partial charge in [-0.25, -0.2) is 23.9 Å². The van der Waals surface area contributed by atoms with Crippen molar-refractivity contribution in [2.24, 2.45) is 3.15 Å². The smallest absolute Gasteiger partial charge is 0.382 e. The van der Waals surface area contributed by atoms with Crippen LogP contribution in [0.2, 0.25) is 0 Å². The van der Waals surface area contributed by atoms with E-state index in [-0.39, 0.29) is 29.4 Å². The summed E-state index contributed by atoms with van der Waals surface area (Å²) in [6.07, 6.45) is -8.25. The zero-order valence-electron chi connectivity index (χ0n) is 22.5. The number of hydrogen-bond donors (Lipinski definition) is 5. The maximum atomic E-state index is 15.8. The van der Waals surface area contributed by atoms with Crippen LogP contribution in [0.1, 0.15) is 12.6 Å². The van der Waals surface area contributed by atoms with E-state index in [0.717, 1.165) is 10.9 Å². The maximum absolute atomic E-state index is 15.8.